The Labute approximate surface area is 150 Å². The molecule has 8 nitrogen and oxygen atoms in total. The van der Waals surface area contributed by atoms with Crippen LogP contribution in [-0.2, 0) is 21.2 Å². The fraction of sp³-hybridized carbons (Fsp3) is 0.235. The molecule has 0 N–H and O–H groups in total. The van der Waals surface area contributed by atoms with Gasteiger partial charge in [0.05, 0.1) is 28.2 Å². The standard InChI is InChI=1S/C17H16N2O6S/c1-25-17(20)13-7-8-16-12(10-13)4-3-9-18(16)26(23,24)15-6-2-5-14(11-15)19(21)22/h2,5-8,10-11H,3-4,9H2,1H3. The SMILES string of the molecule is COC(=O)c1ccc2c(c1)CCCN2S(=O)(=O)c1cccc([N+](=O)[O-])c1. The van der Waals surface area contributed by atoms with E-state index in [0.29, 0.717) is 29.7 Å². The highest BCUT2D eigenvalue weighted by Gasteiger charge is 2.30. The maximum atomic E-state index is 13.0. The summed E-state index contributed by atoms with van der Waals surface area (Å²) in [6.07, 6.45) is 1.20. The molecular weight excluding hydrogens is 360 g/mol. The lowest BCUT2D eigenvalue weighted by Crippen LogP contribution is -2.35. The number of esters is 1. The predicted octanol–water partition coefficient (Wildman–Crippen LogP) is 2.52. The van der Waals surface area contributed by atoms with Gasteiger partial charge in [0, 0.05) is 18.7 Å². The number of carbonyl (C=O) groups is 1. The fourth-order valence-corrected chi connectivity index (χ4v) is 4.52. The first-order valence-corrected chi connectivity index (χ1v) is 9.27. The maximum Gasteiger partial charge on any atom is 0.337 e. The number of nitrogens with zero attached hydrogens (tertiary/aromatic N) is 2. The van der Waals surface area contributed by atoms with Crippen LogP contribution in [0, 0.1) is 10.1 Å². The number of hydrogen-bond acceptors (Lipinski definition) is 6. The van der Waals surface area contributed by atoms with Gasteiger partial charge in [-0.2, -0.15) is 0 Å². The molecule has 2 aromatic carbocycles. The maximum absolute atomic E-state index is 13.0. The van der Waals surface area contributed by atoms with Crippen LogP contribution in [0.3, 0.4) is 0 Å². The summed E-state index contributed by atoms with van der Waals surface area (Å²) in [5.74, 6) is -0.494. The van der Waals surface area contributed by atoms with Crippen molar-refractivity contribution >= 4 is 27.4 Å². The fourth-order valence-electron chi connectivity index (χ4n) is 2.94. The minimum atomic E-state index is -3.96. The molecular formula is C17H16N2O6S. The summed E-state index contributed by atoms with van der Waals surface area (Å²) < 4.78 is 31.9. The lowest BCUT2D eigenvalue weighted by Gasteiger charge is -2.30. The highest BCUT2D eigenvalue weighted by Crippen LogP contribution is 2.33. The summed E-state index contributed by atoms with van der Waals surface area (Å²) in [4.78, 5) is 21.8. The van der Waals surface area contributed by atoms with Crippen LogP contribution in [-0.4, -0.2) is 33.0 Å². The third kappa shape index (κ3) is 3.13. The van der Waals surface area contributed by atoms with E-state index >= 15 is 0 Å². The highest BCUT2D eigenvalue weighted by molar-refractivity contribution is 7.92. The molecule has 2 aromatic rings. The highest BCUT2D eigenvalue weighted by atomic mass is 32.2. The second kappa shape index (κ2) is 6.75. The number of benzene rings is 2. The molecule has 0 amide bonds. The van der Waals surface area contributed by atoms with Gasteiger partial charge in [0.2, 0.25) is 0 Å². The summed E-state index contributed by atoms with van der Waals surface area (Å²) in [5.41, 5.74) is 1.24. The van der Waals surface area contributed by atoms with Crippen LogP contribution in [0.4, 0.5) is 11.4 Å². The second-order valence-corrected chi connectivity index (χ2v) is 7.63. The molecule has 0 saturated heterocycles. The quantitative estimate of drug-likeness (QED) is 0.461. The molecule has 0 bridgehead atoms. The van der Waals surface area contributed by atoms with Crippen LogP contribution in [0.1, 0.15) is 22.3 Å². The number of carbonyl (C=O) groups excluding carboxylic acids is 1. The molecule has 0 aliphatic carbocycles. The number of sulfonamides is 1. The van der Waals surface area contributed by atoms with Gasteiger partial charge in [0.25, 0.3) is 15.7 Å². The molecule has 1 aliphatic heterocycles. The molecule has 1 heterocycles. The van der Waals surface area contributed by atoms with Gasteiger partial charge in [-0.25, -0.2) is 13.2 Å². The molecule has 136 valence electrons. The number of rotatable bonds is 4. The lowest BCUT2D eigenvalue weighted by atomic mass is 10.0. The zero-order chi connectivity index (χ0) is 18.9. The predicted molar refractivity (Wildman–Crippen MR) is 93.7 cm³/mol. The number of nitro groups is 1. The molecule has 0 atom stereocenters. The Hall–Kier alpha value is -2.94. The minimum Gasteiger partial charge on any atom is -0.465 e. The number of non-ortho nitro benzene ring substituents is 1. The Kier molecular flexibility index (Phi) is 4.64. The van der Waals surface area contributed by atoms with E-state index in [-0.39, 0.29) is 17.1 Å². The Morgan fingerprint density at radius 3 is 2.69 bits per heavy atom. The van der Waals surface area contributed by atoms with E-state index < -0.39 is 20.9 Å². The first-order valence-electron chi connectivity index (χ1n) is 7.83. The summed E-state index contributed by atoms with van der Waals surface area (Å²) in [5, 5.41) is 10.9. The Morgan fingerprint density at radius 1 is 1.23 bits per heavy atom. The Balaban J connectivity index is 2.04. The van der Waals surface area contributed by atoms with E-state index in [4.69, 9.17) is 4.74 Å². The minimum absolute atomic E-state index is 0.142. The zero-order valence-corrected chi connectivity index (χ0v) is 14.7. The molecule has 1 aliphatic rings. The van der Waals surface area contributed by atoms with Crippen molar-refractivity contribution in [1.82, 2.24) is 0 Å². The van der Waals surface area contributed by atoms with Crippen LogP contribution in [0.5, 0.6) is 0 Å². The largest absolute Gasteiger partial charge is 0.465 e. The summed E-state index contributed by atoms with van der Waals surface area (Å²) >= 11 is 0. The third-order valence-electron chi connectivity index (χ3n) is 4.19. The van der Waals surface area contributed by atoms with Crippen LogP contribution in [0.25, 0.3) is 0 Å². The number of fused-ring (bicyclic) bond motifs is 1. The molecule has 26 heavy (non-hydrogen) atoms. The van der Waals surface area contributed by atoms with Gasteiger partial charge in [0.15, 0.2) is 0 Å². The van der Waals surface area contributed by atoms with E-state index in [2.05, 4.69) is 0 Å². The van der Waals surface area contributed by atoms with Crippen molar-refractivity contribution in [3.05, 3.63) is 63.7 Å². The topological polar surface area (TPSA) is 107 Å². The van der Waals surface area contributed by atoms with E-state index in [1.54, 1.807) is 12.1 Å². The van der Waals surface area contributed by atoms with Gasteiger partial charge >= 0.3 is 5.97 Å². The number of methoxy groups -OCH3 is 1. The van der Waals surface area contributed by atoms with Crippen molar-refractivity contribution in [2.45, 2.75) is 17.7 Å². The van der Waals surface area contributed by atoms with Crippen LogP contribution in [0.2, 0.25) is 0 Å². The Morgan fingerprint density at radius 2 is 2.00 bits per heavy atom. The van der Waals surface area contributed by atoms with Crippen molar-refractivity contribution in [3.8, 4) is 0 Å². The summed E-state index contributed by atoms with van der Waals surface area (Å²) in [6, 6.07) is 9.66. The first-order chi connectivity index (χ1) is 12.3. The van der Waals surface area contributed by atoms with Crippen molar-refractivity contribution in [3.63, 3.8) is 0 Å². The number of ether oxygens (including phenoxy) is 1. The average molecular weight is 376 g/mol. The molecule has 0 unspecified atom stereocenters. The van der Waals surface area contributed by atoms with E-state index in [1.807, 2.05) is 0 Å². The van der Waals surface area contributed by atoms with Crippen molar-refractivity contribution in [1.29, 1.82) is 0 Å². The van der Waals surface area contributed by atoms with Gasteiger partial charge in [0.1, 0.15) is 0 Å². The number of hydrogen-bond donors (Lipinski definition) is 0. The first kappa shape index (κ1) is 17.9. The van der Waals surface area contributed by atoms with Gasteiger partial charge in [-0.05, 0) is 42.7 Å². The van der Waals surface area contributed by atoms with E-state index in [0.717, 1.165) is 6.07 Å². The monoisotopic (exact) mass is 376 g/mol. The average Bonchev–Trinajstić information content (AvgIpc) is 2.66. The number of aryl methyl sites for hydroxylation is 1. The third-order valence-corrected chi connectivity index (χ3v) is 6.00. The molecule has 0 spiro atoms. The van der Waals surface area contributed by atoms with Gasteiger partial charge in [-0.3, -0.25) is 14.4 Å². The number of anilines is 1. The van der Waals surface area contributed by atoms with Crippen LogP contribution in [0.15, 0.2) is 47.4 Å². The van der Waals surface area contributed by atoms with E-state index in [9.17, 15) is 23.3 Å². The molecule has 0 radical (unpaired) electrons. The summed E-state index contributed by atoms with van der Waals surface area (Å²) in [7, 11) is -2.68. The van der Waals surface area contributed by atoms with Crippen molar-refractivity contribution in [2.24, 2.45) is 0 Å². The lowest BCUT2D eigenvalue weighted by molar-refractivity contribution is -0.385. The van der Waals surface area contributed by atoms with Gasteiger partial charge < -0.3 is 4.74 Å². The van der Waals surface area contributed by atoms with Crippen molar-refractivity contribution < 1.29 is 22.9 Å². The smallest absolute Gasteiger partial charge is 0.337 e. The van der Waals surface area contributed by atoms with Gasteiger partial charge in [-0.15, -0.1) is 0 Å². The molecule has 0 fully saturated rings. The Bertz CT molecular complexity index is 986. The molecule has 9 heteroatoms. The van der Waals surface area contributed by atoms with E-state index in [1.165, 1.54) is 35.7 Å². The molecule has 0 saturated carbocycles. The zero-order valence-electron chi connectivity index (χ0n) is 13.9. The van der Waals surface area contributed by atoms with Crippen molar-refractivity contribution in [2.75, 3.05) is 18.0 Å². The van der Waals surface area contributed by atoms with Crippen LogP contribution >= 0.6 is 0 Å². The molecule has 3 rings (SSSR count). The molecule has 0 aromatic heterocycles. The summed E-state index contributed by atoms with van der Waals surface area (Å²) in [6.45, 7) is 0.260. The number of nitro benzene ring substituents is 1. The second-order valence-electron chi connectivity index (χ2n) is 5.77. The normalized spacial score (nSPS) is 13.8. The van der Waals surface area contributed by atoms with Gasteiger partial charge in [-0.1, -0.05) is 6.07 Å². The van der Waals surface area contributed by atoms with Crippen LogP contribution < -0.4 is 4.31 Å².